The van der Waals surface area contributed by atoms with Crippen molar-refractivity contribution in [2.45, 2.75) is 66.0 Å². The van der Waals surface area contributed by atoms with Gasteiger partial charge in [0.25, 0.3) is 0 Å². The van der Waals surface area contributed by atoms with Gasteiger partial charge in [-0.1, -0.05) is 13.3 Å². The van der Waals surface area contributed by atoms with Gasteiger partial charge in [0.2, 0.25) is 0 Å². The summed E-state index contributed by atoms with van der Waals surface area (Å²) in [6, 6.07) is 2.26. The first kappa shape index (κ1) is 16.3. The molecule has 0 spiro atoms. The van der Waals surface area contributed by atoms with Crippen LogP contribution in [0.3, 0.4) is 0 Å². The SMILES string of the molecule is CCC1CCN(c2cc(C)ncc2CNC(C)(C)C)CC1. The predicted molar refractivity (Wildman–Crippen MR) is 90.8 cm³/mol. The fourth-order valence-corrected chi connectivity index (χ4v) is 2.95. The molecular weight excluding hydrogens is 258 g/mol. The molecule has 21 heavy (non-hydrogen) atoms. The van der Waals surface area contributed by atoms with Gasteiger partial charge >= 0.3 is 0 Å². The molecule has 1 fully saturated rings. The van der Waals surface area contributed by atoms with Gasteiger partial charge in [0.05, 0.1) is 0 Å². The molecule has 0 aliphatic carbocycles. The summed E-state index contributed by atoms with van der Waals surface area (Å²) in [4.78, 5) is 7.06. The standard InChI is InChI=1S/C18H31N3/c1-6-15-7-9-21(10-8-15)17-11-14(2)19-12-16(17)13-20-18(3,4)5/h11-12,15,20H,6-10,13H2,1-5H3. The molecule has 0 atom stereocenters. The summed E-state index contributed by atoms with van der Waals surface area (Å²) in [5.41, 5.74) is 3.96. The quantitative estimate of drug-likeness (QED) is 0.911. The van der Waals surface area contributed by atoms with Crippen LogP contribution in [0.4, 0.5) is 5.69 Å². The molecule has 1 N–H and O–H groups in total. The lowest BCUT2D eigenvalue weighted by Gasteiger charge is -2.35. The van der Waals surface area contributed by atoms with Crippen LogP contribution in [-0.2, 0) is 6.54 Å². The van der Waals surface area contributed by atoms with Crippen molar-refractivity contribution in [3.8, 4) is 0 Å². The lowest BCUT2D eigenvalue weighted by molar-refractivity contribution is 0.393. The topological polar surface area (TPSA) is 28.2 Å². The number of aromatic nitrogens is 1. The Morgan fingerprint density at radius 3 is 2.52 bits per heavy atom. The summed E-state index contributed by atoms with van der Waals surface area (Å²) >= 11 is 0. The van der Waals surface area contributed by atoms with Crippen molar-refractivity contribution in [2.24, 2.45) is 5.92 Å². The molecule has 0 unspecified atom stereocenters. The van der Waals surface area contributed by atoms with E-state index in [1.807, 2.05) is 0 Å². The Kier molecular flexibility index (Phi) is 5.26. The summed E-state index contributed by atoms with van der Waals surface area (Å²) in [6.45, 7) is 14.3. The first-order chi connectivity index (χ1) is 9.89. The largest absolute Gasteiger partial charge is 0.371 e. The van der Waals surface area contributed by atoms with Crippen LogP contribution < -0.4 is 10.2 Å². The Bertz CT molecular complexity index is 454. The van der Waals surface area contributed by atoms with Crippen LogP contribution in [0.1, 0.15) is 58.2 Å². The summed E-state index contributed by atoms with van der Waals surface area (Å²) in [5, 5.41) is 3.59. The molecule has 0 bridgehead atoms. The smallest absolute Gasteiger partial charge is 0.0445 e. The molecule has 118 valence electrons. The Morgan fingerprint density at radius 2 is 1.95 bits per heavy atom. The van der Waals surface area contributed by atoms with Gasteiger partial charge in [0.1, 0.15) is 0 Å². The van der Waals surface area contributed by atoms with E-state index in [0.29, 0.717) is 0 Å². The van der Waals surface area contributed by atoms with E-state index in [0.717, 1.165) is 18.2 Å². The minimum absolute atomic E-state index is 0.136. The molecule has 1 aromatic heterocycles. The van der Waals surface area contributed by atoms with E-state index in [4.69, 9.17) is 0 Å². The number of nitrogens with zero attached hydrogens (tertiary/aromatic N) is 2. The van der Waals surface area contributed by atoms with E-state index >= 15 is 0 Å². The monoisotopic (exact) mass is 289 g/mol. The Balaban J connectivity index is 2.12. The van der Waals surface area contributed by atoms with Gasteiger partial charge < -0.3 is 10.2 Å². The van der Waals surface area contributed by atoms with Crippen LogP contribution >= 0.6 is 0 Å². The first-order valence-corrected chi connectivity index (χ1v) is 8.34. The Labute approximate surface area is 130 Å². The second-order valence-electron chi connectivity index (χ2n) is 7.40. The second kappa shape index (κ2) is 6.78. The molecule has 0 aromatic carbocycles. The zero-order valence-electron chi connectivity index (χ0n) is 14.4. The van der Waals surface area contributed by atoms with E-state index in [1.54, 1.807) is 0 Å². The molecule has 1 aliphatic heterocycles. The lowest BCUT2D eigenvalue weighted by atomic mass is 9.94. The molecule has 0 amide bonds. The van der Waals surface area contributed by atoms with Crippen LogP contribution in [-0.4, -0.2) is 23.6 Å². The van der Waals surface area contributed by atoms with Gasteiger partial charge in [-0.3, -0.25) is 4.98 Å². The van der Waals surface area contributed by atoms with Crippen LogP contribution in [0.5, 0.6) is 0 Å². The minimum atomic E-state index is 0.136. The number of hydrogen-bond acceptors (Lipinski definition) is 3. The van der Waals surface area contributed by atoms with E-state index in [1.165, 1.54) is 43.6 Å². The van der Waals surface area contributed by atoms with E-state index < -0.39 is 0 Å². The predicted octanol–water partition coefficient (Wildman–Crippen LogP) is 3.90. The van der Waals surface area contributed by atoms with Crippen LogP contribution in [0, 0.1) is 12.8 Å². The zero-order chi connectivity index (χ0) is 15.5. The average molecular weight is 289 g/mol. The van der Waals surface area contributed by atoms with Crippen LogP contribution in [0.15, 0.2) is 12.3 Å². The second-order valence-corrected chi connectivity index (χ2v) is 7.40. The number of piperidine rings is 1. The van der Waals surface area contributed by atoms with Gasteiger partial charge in [0.15, 0.2) is 0 Å². The molecule has 2 heterocycles. The highest BCUT2D eigenvalue weighted by atomic mass is 15.1. The van der Waals surface area contributed by atoms with Gasteiger partial charge in [-0.15, -0.1) is 0 Å². The van der Waals surface area contributed by atoms with Crippen molar-refractivity contribution in [1.82, 2.24) is 10.3 Å². The number of anilines is 1. The minimum Gasteiger partial charge on any atom is -0.371 e. The summed E-state index contributed by atoms with van der Waals surface area (Å²) < 4.78 is 0. The number of pyridine rings is 1. The van der Waals surface area contributed by atoms with E-state index in [9.17, 15) is 0 Å². The number of nitrogens with one attached hydrogen (secondary N) is 1. The fraction of sp³-hybridized carbons (Fsp3) is 0.722. The average Bonchev–Trinajstić information content (AvgIpc) is 2.45. The molecule has 3 nitrogen and oxygen atoms in total. The van der Waals surface area contributed by atoms with Crippen molar-refractivity contribution in [3.63, 3.8) is 0 Å². The zero-order valence-corrected chi connectivity index (χ0v) is 14.4. The van der Waals surface area contributed by atoms with E-state index in [-0.39, 0.29) is 5.54 Å². The maximum Gasteiger partial charge on any atom is 0.0445 e. The van der Waals surface area contributed by atoms with Gasteiger partial charge in [-0.05, 0) is 52.5 Å². The number of hydrogen-bond donors (Lipinski definition) is 1. The van der Waals surface area contributed by atoms with E-state index in [2.05, 4.69) is 62.1 Å². The maximum absolute atomic E-state index is 4.50. The summed E-state index contributed by atoms with van der Waals surface area (Å²) in [5.74, 6) is 0.917. The highest BCUT2D eigenvalue weighted by molar-refractivity contribution is 5.54. The van der Waals surface area contributed by atoms with Gasteiger partial charge in [-0.2, -0.15) is 0 Å². The third-order valence-corrected chi connectivity index (χ3v) is 4.44. The van der Waals surface area contributed by atoms with Crippen LogP contribution in [0.2, 0.25) is 0 Å². The first-order valence-electron chi connectivity index (χ1n) is 8.34. The van der Waals surface area contributed by atoms with Crippen molar-refractivity contribution in [3.05, 3.63) is 23.5 Å². The fourth-order valence-electron chi connectivity index (χ4n) is 2.95. The van der Waals surface area contributed by atoms with Crippen LogP contribution in [0.25, 0.3) is 0 Å². The van der Waals surface area contributed by atoms with Gasteiger partial charge in [-0.25, -0.2) is 0 Å². The molecule has 3 heteroatoms. The number of aryl methyl sites for hydroxylation is 1. The van der Waals surface area contributed by atoms with Crippen molar-refractivity contribution >= 4 is 5.69 Å². The highest BCUT2D eigenvalue weighted by Gasteiger charge is 2.20. The lowest BCUT2D eigenvalue weighted by Crippen LogP contribution is -2.37. The summed E-state index contributed by atoms with van der Waals surface area (Å²) in [7, 11) is 0. The molecule has 0 radical (unpaired) electrons. The van der Waals surface area contributed by atoms with Crippen molar-refractivity contribution in [1.29, 1.82) is 0 Å². The summed E-state index contributed by atoms with van der Waals surface area (Å²) in [6.07, 6.45) is 6.02. The Morgan fingerprint density at radius 1 is 1.29 bits per heavy atom. The highest BCUT2D eigenvalue weighted by Crippen LogP contribution is 2.28. The molecule has 1 aromatic rings. The third kappa shape index (κ3) is 4.70. The molecule has 2 rings (SSSR count). The normalized spacial score (nSPS) is 17.3. The number of rotatable bonds is 4. The maximum atomic E-state index is 4.50. The van der Waals surface area contributed by atoms with Crippen molar-refractivity contribution < 1.29 is 0 Å². The molecular formula is C18H31N3. The Hall–Kier alpha value is -1.09. The third-order valence-electron chi connectivity index (χ3n) is 4.44. The van der Waals surface area contributed by atoms with Gasteiger partial charge in [0, 0.05) is 48.3 Å². The molecule has 1 saturated heterocycles. The molecule has 0 saturated carbocycles. The van der Waals surface area contributed by atoms with Crippen molar-refractivity contribution in [2.75, 3.05) is 18.0 Å². The molecule has 1 aliphatic rings.